The van der Waals surface area contributed by atoms with Crippen LogP contribution in [-0.2, 0) is 11.0 Å². The second-order valence-corrected chi connectivity index (χ2v) is 9.85. The SMILES string of the molecule is O=C(O)c1cc(-c2ccc([C@H]3C[C@H]4C[C@@H]3NC4=O)cc2)c2ccc(-c3ccc(C(F)(F)F)cc3)cc2c1. The van der Waals surface area contributed by atoms with E-state index in [9.17, 15) is 27.9 Å². The maximum Gasteiger partial charge on any atom is 0.416 e. The number of alkyl halides is 3. The molecule has 1 amide bonds. The lowest BCUT2D eigenvalue weighted by Crippen LogP contribution is -2.35. The molecule has 1 aliphatic carbocycles. The van der Waals surface area contributed by atoms with Gasteiger partial charge < -0.3 is 10.4 Å². The van der Waals surface area contributed by atoms with E-state index < -0.39 is 17.7 Å². The predicted molar refractivity (Wildman–Crippen MR) is 134 cm³/mol. The number of carboxylic acids is 1. The zero-order valence-electron chi connectivity index (χ0n) is 19.5. The van der Waals surface area contributed by atoms with Crippen LogP contribution >= 0.6 is 0 Å². The van der Waals surface area contributed by atoms with E-state index in [1.54, 1.807) is 18.2 Å². The van der Waals surface area contributed by atoms with Gasteiger partial charge in [-0.1, -0.05) is 48.5 Å². The van der Waals surface area contributed by atoms with Crippen LogP contribution in [0.1, 0.15) is 40.2 Å². The van der Waals surface area contributed by atoms with E-state index in [1.807, 2.05) is 36.4 Å². The van der Waals surface area contributed by atoms with Crippen molar-refractivity contribution in [3.8, 4) is 22.3 Å². The molecule has 4 nitrogen and oxygen atoms in total. The molecule has 0 radical (unpaired) electrons. The maximum absolute atomic E-state index is 13.0. The zero-order valence-corrected chi connectivity index (χ0v) is 19.5. The highest BCUT2D eigenvalue weighted by atomic mass is 19.4. The molecule has 1 saturated carbocycles. The van der Waals surface area contributed by atoms with Gasteiger partial charge in [-0.3, -0.25) is 4.79 Å². The van der Waals surface area contributed by atoms with Crippen LogP contribution in [0.5, 0.6) is 0 Å². The van der Waals surface area contributed by atoms with Gasteiger partial charge in [0.1, 0.15) is 0 Å². The van der Waals surface area contributed by atoms with E-state index in [4.69, 9.17) is 0 Å². The molecular weight excluding hydrogens is 479 g/mol. The summed E-state index contributed by atoms with van der Waals surface area (Å²) in [5.41, 5.74) is 3.51. The van der Waals surface area contributed by atoms with Crippen molar-refractivity contribution < 1.29 is 27.9 Å². The fraction of sp³-hybridized carbons (Fsp3) is 0.200. The Balaban J connectivity index is 1.37. The van der Waals surface area contributed by atoms with E-state index in [0.717, 1.165) is 47.1 Å². The van der Waals surface area contributed by atoms with Crippen LogP contribution in [0.4, 0.5) is 13.2 Å². The molecule has 2 aliphatic rings. The van der Waals surface area contributed by atoms with Crippen molar-refractivity contribution in [3.05, 3.63) is 95.6 Å². The Bertz CT molecular complexity index is 1540. The normalized spacial score (nSPS) is 20.8. The first-order valence-corrected chi connectivity index (χ1v) is 12.1. The Labute approximate surface area is 210 Å². The lowest BCUT2D eigenvalue weighted by Gasteiger charge is -2.23. The monoisotopic (exact) mass is 501 g/mol. The van der Waals surface area contributed by atoms with Crippen LogP contribution < -0.4 is 5.32 Å². The number of benzene rings is 4. The summed E-state index contributed by atoms with van der Waals surface area (Å²) >= 11 is 0. The molecule has 1 heterocycles. The van der Waals surface area contributed by atoms with Gasteiger partial charge in [0.05, 0.1) is 11.1 Å². The summed E-state index contributed by atoms with van der Waals surface area (Å²) in [6.45, 7) is 0. The van der Waals surface area contributed by atoms with Crippen LogP contribution in [0.3, 0.4) is 0 Å². The molecule has 6 rings (SSSR count). The van der Waals surface area contributed by atoms with Gasteiger partial charge in [0.15, 0.2) is 0 Å². The number of amides is 1. The topological polar surface area (TPSA) is 66.4 Å². The molecule has 2 fully saturated rings. The van der Waals surface area contributed by atoms with Gasteiger partial charge in [-0.15, -0.1) is 0 Å². The molecule has 7 heteroatoms. The molecule has 37 heavy (non-hydrogen) atoms. The molecule has 186 valence electrons. The summed E-state index contributed by atoms with van der Waals surface area (Å²) in [6.07, 6.45) is -2.69. The summed E-state index contributed by atoms with van der Waals surface area (Å²) < 4.78 is 38.9. The predicted octanol–water partition coefficient (Wildman–Crippen LogP) is 6.88. The summed E-state index contributed by atoms with van der Waals surface area (Å²) in [5, 5.41) is 14.3. The Morgan fingerprint density at radius 1 is 0.838 bits per heavy atom. The first-order valence-electron chi connectivity index (χ1n) is 12.1. The number of hydrogen-bond acceptors (Lipinski definition) is 2. The average Bonchev–Trinajstić information content (AvgIpc) is 3.47. The van der Waals surface area contributed by atoms with Crippen molar-refractivity contribution in [1.29, 1.82) is 0 Å². The van der Waals surface area contributed by atoms with Crippen LogP contribution in [0.15, 0.2) is 78.9 Å². The van der Waals surface area contributed by atoms with Gasteiger partial charge in [0.2, 0.25) is 5.91 Å². The maximum atomic E-state index is 13.0. The number of carbonyl (C=O) groups is 2. The van der Waals surface area contributed by atoms with E-state index in [2.05, 4.69) is 5.32 Å². The summed E-state index contributed by atoms with van der Waals surface area (Å²) in [7, 11) is 0. The molecular formula is C30H22F3NO3. The Hall–Kier alpha value is -4.13. The van der Waals surface area contributed by atoms with Crippen LogP contribution in [-0.4, -0.2) is 23.0 Å². The highest BCUT2D eigenvalue weighted by Gasteiger charge is 2.45. The quantitative estimate of drug-likeness (QED) is 0.320. The number of carbonyl (C=O) groups excluding carboxylic acids is 1. The molecule has 0 spiro atoms. The Morgan fingerprint density at radius 2 is 1.51 bits per heavy atom. The fourth-order valence-electron chi connectivity index (χ4n) is 5.75. The minimum Gasteiger partial charge on any atom is -0.478 e. The molecule has 4 aromatic rings. The van der Waals surface area contributed by atoms with E-state index in [0.29, 0.717) is 16.5 Å². The minimum absolute atomic E-state index is 0.0877. The van der Waals surface area contributed by atoms with Gasteiger partial charge in [0.25, 0.3) is 0 Å². The summed E-state index contributed by atoms with van der Waals surface area (Å²) in [5.74, 6) is -0.544. The number of nitrogens with one attached hydrogen (secondary N) is 1. The summed E-state index contributed by atoms with van der Waals surface area (Å²) in [6, 6.07) is 21.9. The van der Waals surface area contributed by atoms with Crippen LogP contribution in [0, 0.1) is 5.92 Å². The van der Waals surface area contributed by atoms with E-state index in [-0.39, 0.29) is 29.3 Å². The molecule has 1 aliphatic heterocycles. The first kappa shape index (κ1) is 23.3. The van der Waals surface area contributed by atoms with Crippen molar-refractivity contribution in [2.75, 3.05) is 0 Å². The highest BCUT2D eigenvalue weighted by Crippen LogP contribution is 2.43. The molecule has 1 saturated heterocycles. The van der Waals surface area contributed by atoms with E-state index >= 15 is 0 Å². The van der Waals surface area contributed by atoms with Gasteiger partial charge in [-0.05, 0) is 81.8 Å². The van der Waals surface area contributed by atoms with Gasteiger partial charge in [-0.25, -0.2) is 4.79 Å². The second-order valence-electron chi connectivity index (χ2n) is 9.85. The minimum atomic E-state index is -4.41. The van der Waals surface area contributed by atoms with Crippen molar-refractivity contribution in [3.63, 3.8) is 0 Å². The molecule has 4 aromatic carbocycles. The fourth-order valence-corrected chi connectivity index (χ4v) is 5.75. The number of rotatable bonds is 4. The van der Waals surface area contributed by atoms with Crippen LogP contribution in [0.2, 0.25) is 0 Å². The molecule has 3 atom stereocenters. The summed E-state index contributed by atoms with van der Waals surface area (Å²) in [4.78, 5) is 23.7. The van der Waals surface area contributed by atoms with Crippen LogP contribution in [0.25, 0.3) is 33.0 Å². The smallest absolute Gasteiger partial charge is 0.416 e. The van der Waals surface area contributed by atoms with E-state index in [1.165, 1.54) is 12.1 Å². The third-order valence-electron chi connectivity index (χ3n) is 7.66. The second kappa shape index (κ2) is 8.47. The molecule has 0 aromatic heterocycles. The molecule has 2 bridgehead atoms. The zero-order chi connectivity index (χ0) is 25.9. The van der Waals surface area contributed by atoms with Crippen molar-refractivity contribution >= 4 is 22.6 Å². The lowest BCUT2D eigenvalue weighted by atomic mass is 9.88. The standard InChI is InChI=1S/C30H22F3NO3/c31-30(32,33)23-8-5-16(6-9-23)19-7-10-24-20(11-19)12-22(29(36)37)14-25(24)17-1-3-18(4-2-17)26-13-21-15-27(26)34-28(21)35/h1-12,14,21,26-27H,13,15H2,(H,34,35)(H,36,37)/t21-,26+,27-/m0/s1. The van der Waals surface area contributed by atoms with Gasteiger partial charge in [0, 0.05) is 17.9 Å². The number of fused-ring (bicyclic) bond motifs is 3. The Morgan fingerprint density at radius 3 is 2.11 bits per heavy atom. The first-order chi connectivity index (χ1) is 17.7. The third kappa shape index (κ3) is 4.14. The largest absolute Gasteiger partial charge is 0.478 e. The van der Waals surface area contributed by atoms with Crippen molar-refractivity contribution in [2.45, 2.75) is 31.0 Å². The lowest BCUT2D eigenvalue weighted by molar-refractivity contribution is -0.137. The average molecular weight is 502 g/mol. The molecule has 2 N–H and O–H groups in total. The van der Waals surface area contributed by atoms with Gasteiger partial charge in [-0.2, -0.15) is 13.2 Å². The Kier molecular flexibility index (Phi) is 5.33. The highest BCUT2D eigenvalue weighted by molar-refractivity contribution is 6.04. The molecule has 0 unspecified atom stereocenters. The number of aromatic carboxylic acids is 1. The van der Waals surface area contributed by atoms with Gasteiger partial charge >= 0.3 is 12.1 Å². The number of carboxylic acid groups (broad SMARTS) is 1. The third-order valence-corrected chi connectivity index (χ3v) is 7.66. The number of piperidine rings is 1. The number of halogens is 3. The van der Waals surface area contributed by atoms with Crippen molar-refractivity contribution in [1.82, 2.24) is 5.32 Å². The van der Waals surface area contributed by atoms with Crippen molar-refractivity contribution in [2.24, 2.45) is 5.92 Å². The number of hydrogen-bond donors (Lipinski definition) is 2.